The first-order valence-corrected chi connectivity index (χ1v) is 9.34. The number of nitrogens with zero attached hydrogens (tertiary/aromatic N) is 3. The largest absolute Gasteiger partial charge is 0.494 e. The second kappa shape index (κ2) is 10.5. The average molecular weight is 358 g/mol. The Hall–Kier alpha value is -2.50. The van der Waals surface area contributed by atoms with Gasteiger partial charge in [-0.05, 0) is 50.8 Å². The molecule has 0 aliphatic heterocycles. The van der Waals surface area contributed by atoms with Crippen LogP contribution in [0.2, 0.25) is 0 Å². The van der Waals surface area contributed by atoms with Crippen LogP contribution < -0.4 is 15.4 Å². The van der Waals surface area contributed by atoms with Gasteiger partial charge in [0, 0.05) is 31.9 Å². The first kappa shape index (κ1) is 19.8. The summed E-state index contributed by atoms with van der Waals surface area (Å²) >= 11 is 0. The van der Waals surface area contributed by atoms with E-state index in [1.807, 2.05) is 24.9 Å². The molecule has 0 bridgehead atoms. The molecule has 6 heteroatoms. The van der Waals surface area contributed by atoms with Gasteiger partial charge in [-0.25, -0.2) is 4.99 Å². The van der Waals surface area contributed by atoms with Crippen molar-refractivity contribution < 1.29 is 4.74 Å². The van der Waals surface area contributed by atoms with E-state index in [2.05, 4.69) is 54.0 Å². The molecule has 0 aliphatic rings. The van der Waals surface area contributed by atoms with E-state index in [0.29, 0.717) is 13.2 Å². The summed E-state index contributed by atoms with van der Waals surface area (Å²) in [6.45, 7) is 9.10. The van der Waals surface area contributed by atoms with Crippen molar-refractivity contribution in [1.82, 2.24) is 20.4 Å². The third kappa shape index (κ3) is 6.43. The van der Waals surface area contributed by atoms with Crippen LogP contribution in [0.25, 0.3) is 0 Å². The summed E-state index contributed by atoms with van der Waals surface area (Å²) in [7, 11) is 1.94. The molecule has 0 amide bonds. The van der Waals surface area contributed by atoms with Gasteiger partial charge >= 0.3 is 0 Å². The number of ether oxygens (including phenoxy) is 1. The van der Waals surface area contributed by atoms with E-state index in [1.165, 1.54) is 11.1 Å². The van der Waals surface area contributed by atoms with Crippen LogP contribution in [-0.4, -0.2) is 35.4 Å². The second-order valence-electron chi connectivity index (χ2n) is 6.29. The maximum absolute atomic E-state index is 5.74. The molecule has 142 valence electrons. The van der Waals surface area contributed by atoms with Gasteiger partial charge in [0.25, 0.3) is 0 Å². The van der Waals surface area contributed by atoms with Gasteiger partial charge in [-0.2, -0.15) is 5.10 Å². The van der Waals surface area contributed by atoms with Gasteiger partial charge in [-0.1, -0.05) is 12.1 Å². The van der Waals surface area contributed by atoms with E-state index in [9.17, 15) is 0 Å². The number of hydrogen-bond acceptors (Lipinski definition) is 3. The number of aromatic nitrogens is 2. The van der Waals surface area contributed by atoms with Crippen LogP contribution in [0.4, 0.5) is 0 Å². The molecule has 0 atom stereocenters. The van der Waals surface area contributed by atoms with Crippen molar-refractivity contribution in [3.05, 3.63) is 47.3 Å². The van der Waals surface area contributed by atoms with Crippen LogP contribution in [0.1, 0.15) is 37.0 Å². The minimum atomic E-state index is 0.591. The molecule has 2 rings (SSSR count). The molecule has 6 nitrogen and oxygen atoms in total. The van der Waals surface area contributed by atoms with Gasteiger partial charge < -0.3 is 15.4 Å². The van der Waals surface area contributed by atoms with Crippen molar-refractivity contribution in [2.24, 2.45) is 12.0 Å². The molecule has 0 unspecified atom stereocenters. The van der Waals surface area contributed by atoms with Crippen LogP contribution in [0, 0.1) is 6.92 Å². The smallest absolute Gasteiger partial charge is 0.191 e. The molecule has 2 N–H and O–H groups in total. The quantitative estimate of drug-likeness (QED) is 0.411. The van der Waals surface area contributed by atoms with E-state index in [1.54, 1.807) is 0 Å². The van der Waals surface area contributed by atoms with Crippen molar-refractivity contribution in [2.45, 2.75) is 40.2 Å². The highest BCUT2D eigenvalue weighted by Crippen LogP contribution is 2.21. The number of rotatable bonds is 9. The molecule has 0 saturated heterocycles. The van der Waals surface area contributed by atoms with Crippen molar-refractivity contribution in [3.63, 3.8) is 0 Å². The summed E-state index contributed by atoms with van der Waals surface area (Å²) in [6, 6.07) is 6.26. The second-order valence-corrected chi connectivity index (χ2v) is 6.29. The normalized spacial score (nSPS) is 11.5. The maximum atomic E-state index is 5.74. The van der Waals surface area contributed by atoms with Crippen LogP contribution >= 0.6 is 0 Å². The molecule has 0 aliphatic carbocycles. The lowest BCUT2D eigenvalue weighted by molar-refractivity contribution is 0.336. The van der Waals surface area contributed by atoms with E-state index >= 15 is 0 Å². The molecule has 2 aromatic rings. The number of guanidine groups is 1. The summed E-state index contributed by atoms with van der Waals surface area (Å²) in [6.07, 6.45) is 6.02. The molecule has 1 aromatic heterocycles. The Morgan fingerprint density at radius 3 is 2.81 bits per heavy atom. The number of hydrogen-bond donors (Lipinski definition) is 2. The van der Waals surface area contributed by atoms with Crippen molar-refractivity contribution >= 4 is 5.96 Å². The zero-order chi connectivity index (χ0) is 18.8. The fourth-order valence-electron chi connectivity index (χ4n) is 2.69. The van der Waals surface area contributed by atoms with E-state index < -0.39 is 0 Å². The molecule has 0 radical (unpaired) electrons. The fourth-order valence-corrected chi connectivity index (χ4v) is 2.69. The van der Waals surface area contributed by atoms with Crippen LogP contribution in [0.15, 0.2) is 35.6 Å². The summed E-state index contributed by atoms with van der Waals surface area (Å²) in [5.41, 5.74) is 3.56. The van der Waals surface area contributed by atoms with E-state index in [4.69, 9.17) is 9.73 Å². The number of benzene rings is 1. The molecular weight excluding hydrogens is 326 g/mol. The summed E-state index contributed by atoms with van der Waals surface area (Å²) in [5.74, 6) is 1.75. The number of aliphatic imine (C=N–C) groups is 1. The predicted octanol–water partition coefficient (Wildman–Crippen LogP) is 2.82. The lowest BCUT2D eigenvalue weighted by Gasteiger charge is -2.13. The highest BCUT2D eigenvalue weighted by atomic mass is 16.5. The Morgan fingerprint density at radius 1 is 1.27 bits per heavy atom. The lowest BCUT2D eigenvalue weighted by atomic mass is 10.1. The summed E-state index contributed by atoms with van der Waals surface area (Å²) in [5, 5.41) is 10.9. The van der Waals surface area contributed by atoms with Crippen molar-refractivity contribution in [2.75, 3.05) is 19.7 Å². The Bertz CT molecular complexity index is 708. The highest BCUT2D eigenvalue weighted by Gasteiger charge is 2.05. The highest BCUT2D eigenvalue weighted by molar-refractivity contribution is 5.79. The van der Waals surface area contributed by atoms with Gasteiger partial charge in [0.15, 0.2) is 5.96 Å². The Morgan fingerprint density at radius 2 is 2.12 bits per heavy atom. The first-order valence-electron chi connectivity index (χ1n) is 9.34. The molecule has 0 saturated carbocycles. The van der Waals surface area contributed by atoms with Crippen LogP contribution in [0.5, 0.6) is 5.75 Å². The fraction of sp³-hybridized carbons (Fsp3) is 0.500. The van der Waals surface area contributed by atoms with Crippen molar-refractivity contribution in [3.8, 4) is 5.75 Å². The molecule has 1 heterocycles. The minimum absolute atomic E-state index is 0.591. The average Bonchev–Trinajstić information content (AvgIpc) is 3.03. The van der Waals surface area contributed by atoms with E-state index in [-0.39, 0.29) is 0 Å². The number of aryl methyl sites for hydroxylation is 3. The lowest BCUT2D eigenvalue weighted by Crippen LogP contribution is -2.37. The van der Waals surface area contributed by atoms with Gasteiger partial charge in [0.1, 0.15) is 5.75 Å². The van der Waals surface area contributed by atoms with Gasteiger partial charge in [-0.15, -0.1) is 0 Å². The van der Waals surface area contributed by atoms with Crippen molar-refractivity contribution in [1.29, 1.82) is 0 Å². The Kier molecular flexibility index (Phi) is 7.99. The predicted molar refractivity (Wildman–Crippen MR) is 107 cm³/mol. The topological polar surface area (TPSA) is 63.5 Å². The third-order valence-corrected chi connectivity index (χ3v) is 3.97. The summed E-state index contributed by atoms with van der Waals surface area (Å²) in [4.78, 5) is 4.70. The SMILES string of the molecule is CCNC(=NCc1ccc(C)cc1OCC)NCCCc1cnn(C)c1. The first-order chi connectivity index (χ1) is 12.6. The molecule has 26 heavy (non-hydrogen) atoms. The minimum Gasteiger partial charge on any atom is -0.494 e. The third-order valence-electron chi connectivity index (χ3n) is 3.97. The van der Waals surface area contributed by atoms with Crippen LogP contribution in [-0.2, 0) is 20.0 Å². The van der Waals surface area contributed by atoms with Crippen LogP contribution in [0.3, 0.4) is 0 Å². The molecule has 1 aromatic carbocycles. The molecule has 0 fully saturated rings. The van der Waals surface area contributed by atoms with Gasteiger partial charge in [0.05, 0.1) is 19.3 Å². The number of nitrogens with one attached hydrogen (secondary N) is 2. The zero-order valence-corrected chi connectivity index (χ0v) is 16.4. The van der Waals surface area contributed by atoms with E-state index in [0.717, 1.165) is 43.2 Å². The van der Waals surface area contributed by atoms with Gasteiger partial charge in [-0.3, -0.25) is 4.68 Å². The monoisotopic (exact) mass is 357 g/mol. The molecule has 0 spiro atoms. The molecular formula is C20H31N5O. The van der Waals surface area contributed by atoms with Gasteiger partial charge in [0.2, 0.25) is 0 Å². The summed E-state index contributed by atoms with van der Waals surface area (Å²) < 4.78 is 7.58. The zero-order valence-electron chi connectivity index (χ0n) is 16.4. The standard InChI is InChI=1S/C20H31N5O/c1-5-21-20(22-11-7-8-17-13-24-25(4)15-17)23-14-18-10-9-16(3)12-19(18)26-6-2/h9-10,12-13,15H,5-8,11,14H2,1-4H3,(H2,21,22,23). The Labute approximate surface area is 156 Å². The maximum Gasteiger partial charge on any atom is 0.191 e. The Balaban J connectivity index is 1.89.